The van der Waals surface area contributed by atoms with Crippen LogP contribution in [-0.4, -0.2) is 20.4 Å². The Morgan fingerprint density at radius 3 is 2.48 bits per heavy atom. The van der Waals surface area contributed by atoms with E-state index in [1.54, 1.807) is 48.5 Å². The molecule has 0 spiro atoms. The van der Waals surface area contributed by atoms with Crippen molar-refractivity contribution >= 4 is 33.2 Å². The van der Waals surface area contributed by atoms with Crippen LogP contribution in [0.1, 0.15) is 24.8 Å². The zero-order valence-corrected chi connectivity index (χ0v) is 15.1. The first-order valence-corrected chi connectivity index (χ1v) is 9.95. The van der Waals surface area contributed by atoms with Crippen molar-refractivity contribution in [2.45, 2.75) is 36.6 Å². The molecule has 5 nitrogen and oxygen atoms in total. The normalized spacial score (nSPS) is 14.3. The monoisotopic (exact) mass is 378 g/mol. The van der Waals surface area contributed by atoms with Crippen molar-refractivity contribution in [3.8, 4) is 0 Å². The molecule has 25 heavy (non-hydrogen) atoms. The number of anilines is 1. The number of hydrogen-bond acceptors (Lipinski definition) is 3. The van der Waals surface area contributed by atoms with Gasteiger partial charge in [-0.2, -0.15) is 0 Å². The van der Waals surface area contributed by atoms with Crippen molar-refractivity contribution in [3.63, 3.8) is 0 Å². The summed E-state index contributed by atoms with van der Waals surface area (Å²) in [5, 5.41) is 3.35. The molecule has 0 heterocycles. The predicted molar refractivity (Wildman–Crippen MR) is 98.2 cm³/mol. The summed E-state index contributed by atoms with van der Waals surface area (Å²) in [7, 11) is -3.43. The van der Waals surface area contributed by atoms with Gasteiger partial charge in [-0.15, -0.1) is 0 Å². The largest absolute Gasteiger partial charge is 0.326 e. The smallest absolute Gasteiger partial charge is 0.240 e. The van der Waals surface area contributed by atoms with Crippen molar-refractivity contribution < 1.29 is 13.2 Å². The summed E-state index contributed by atoms with van der Waals surface area (Å²) in [5.41, 5.74) is 1.57. The van der Waals surface area contributed by atoms with Gasteiger partial charge in [-0.3, -0.25) is 4.79 Å². The van der Waals surface area contributed by atoms with Crippen LogP contribution in [0.3, 0.4) is 0 Å². The average molecular weight is 379 g/mol. The number of rotatable bonds is 7. The minimum Gasteiger partial charge on any atom is -0.326 e. The minimum atomic E-state index is -3.43. The van der Waals surface area contributed by atoms with Crippen LogP contribution >= 0.6 is 11.6 Å². The summed E-state index contributed by atoms with van der Waals surface area (Å²) in [6.45, 7) is 0. The van der Waals surface area contributed by atoms with E-state index in [-0.39, 0.29) is 16.8 Å². The summed E-state index contributed by atoms with van der Waals surface area (Å²) in [6, 6.07) is 13.7. The average Bonchev–Trinajstić information content (AvgIpc) is 3.37. The molecule has 2 aromatic rings. The zero-order chi connectivity index (χ0) is 17.9. The van der Waals surface area contributed by atoms with Crippen molar-refractivity contribution in [2.24, 2.45) is 0 Å². The van der Waals surface area contributed by atoms with E-state index in [4.69, 9.17) is 11.6 Å². The number of nitrogens with one attached hydrogen (secondary N) is 2. The molecule has 0 unspecified atom stereocenters. The second-order valence-corrected chi connectivity index (χ2v) is 8.25. The quantitative estimate of drug-likeness (QED) is 0.775. The van der Waals surface area contributed by atoms with Crippen molar-refractivity contribution in [1.29, 1.82) is 0 Å². The van der Waals surface area contributed by atoms with Crippen molar-refractivity contribution in [2.75, 3.05) is 5.32 Å². The Labute approximate surface area is 152 Å². The highest BCUT2D eigenvalue weighted by Crippen LogP contribution is 2.22. The van der Waals surface area contributed by atoms with Gasteiger partial charge in [0.05, 0.1) is 4.90 Å². The molecule has 3 rings (SSSR count). The third-order valence-electron chi connectivity index (χ3n) is 3.88. The van der Waals surface area contributed by atoms with E-state index in [9.17, 15) is 13.2 Å². The molecule has 0 aromatic heterocycles. The Morgan fingerprint density at radius 1 is 1.12 bits per heavy atom. The molecule has 0 atom stereocenters. The van der Waals surface area contributed by atoms with Crippen LogP contribution in [0.5, 0.6) is 0 Å². The van der Waals surface area contributed by atoms with Crippen LogP contribution in [0.2, 0.25) is 5.02 Å². The third kappa shape index (κ3) is 5.29. The lowest BCUT2D eigenvalue weighted by atomic mass is 10.1. The molecule has 2 N–H and O–H groups in total. The summed E-state index contributed by atoms with van der Waals surface area (Å²) < 4.78 is 26.9. The fourth-order valence-corrected chi connectivity index (χ4v) is 3.87. The van der Waals surface area contributed by atoms with E-state index in [2.05, 4.69) is 10.0 Å². The van der Waals surface area contributed by atoms with Gasteiger partial charge in [-0.1, -0.05) is 29.8 Å². The Kier molecular flexibility index (Phi) is 5.42. The van der Waals surface area contributed by atoms with E-state index in [0.29, 0.717) is 23.6 Å². The van der Waals surface area contributed by atoms with Crippen LogP contribution < -0.4 is 10.0 Å². The lowest BCUT2D eigenvalue weighted by molar-refractivity contribution is -0.116. The first-order valence-electron chi connectivity index (χ1n) is 8.09. The van der Waals surface area contributed by atoms with E-state index >= 15 is 0 Å². The van der Waals surface area contributed by atoms with Gasteiger partial charge < -0.3 is 5.32 Å². The molecular weight excluding hydrogens is 360 g/mol. The van der Waals surface area contributed by atoms with E-state index in [1.165, 1.54) is 0 Å². The van der Waals surface area contributed by atoms with Crippen LogP contribution in [0.15, 0.2) is 53.4 Å². The van der Waals surface area contributed by atoms with E-state index < -0.39 is 10.0 Å². The molecule has 1 fully saturated rings. The maximum Gasteiger partial charge on any atom is 0.240 e. The SMILES string of the molecule is O=C(CCc1ccc(S(=O)(=O)NC2CC2)cc1)Nc1cccc(Cl)c1. The van der Waals surface area contributed by atoms with Crippen molar-refractivity contribution in [1.82, 2.24) is 4.72 Å². The summed E-state index contributed by atoms with van der Waals surface area (Å²) in [5.74, 6) is -0.116. The topological polar surface area (TPSA) is 75.3 Å². The summed E-state index contributed by atoms with van der Waals surface area (Å²) in [6.07, 6.45) is 2.64. The lowest BCUT2D eigenvalue weighted by Gasteiger charge is -2.08. The maximum absolute atomic E-state index is 12.1. The van der Waals surface area contributed by atoms with Crippen LogP contribution in [0, 0.1) is 0 Å². The third-order valence-corrected chi connectivity index (χ3v) is 5.65. The van der Waals surface area contributed by atoms with Gasteiger partial charge in [0.1, 0.15) is 0 Å². The Hall–Kier alpha value is -1.89. The first kappa shape index (κ1) is 17.9. The second kappa shape index (κ2) is 7.56. The molecule has 132 valence electrons. The van der Waals surface area contributed by atoms with Gasteiger partial charge in [0.25, 0.3) is 0 Å². The number of amides is 1. The van der Waals surface area contributed by atoms with Crippen molar-refractivity contribution in [3.05, 3.63) is 59.1 Å². The fraction of sp³-hybridized carbons (Fsp3) is 0.278. The van der Waals surface area contributed by atoms with Gasteiger partial charge in [-0.05, 0) is 55.2 Å². The van der Waals surface area contributed by atoms with Crippen LogP contribution in [0.25, 0.3) is 0 Å². The van der Waals surface area contributed by atoms with Crippen LogP contribution in [-0.2, 0) is 21.2 Å². The molecule has 0 radical (unpaired) electrons. The minimum absolute atomic E-state index is 0.0832. The second-order valence-electron chi connectivity index (χ2n) is 6.10. The molecule has 2 aromatic carbocycles. The number of sulfonamides is 1. The number of carbonyl (C=O) groups excluding carboxylic acids is 1. The van der Waals surface area contributed by atoms with Gasteiger partial charge in [-0.25, -0.2) is 13.1 Å². The number of hydrogen-bond donors (Lipinski definition) is 2. The van der Waals surface area contributed by atoms with Crippen LogP contribution in [0.4, 0.5) is 5.69 Å². The number of benzene rings is 2. The van der Waals surface area contributed by atoms with Gasteiger partial charge in [0.15, 0.2) is 0 Å². The van der Waals surface area contributed by atoms with E-state index in [0.717, 1.165) is 18.4 Å². The summed E-state index contributed by atoms with van der Waals surface area (Å²) >= 11 is 5.88. The summed E-state index contributed by atoms with van der Waals surface area (Å²) in [4.78, 5) is 12.2. The highest BCUT2D eigenvalue weighted by molar-refractivity contribution is 7.89. The molecule has 0 bridgehead atoms. The maximum atomic E-state index is 12.1. The molecule has 7 heteroatoms. The predicted octanol–water partition coefficient (Wildman–Crippen LogP) is 3.35. The number of carbonyl (C=O) groups is 1. The van der Waals surface area contributed by atoms with Gasteiger partial charge >= 0.3 is 0 Å². The molecule has 1 aliphatic carbocycles. The fourth-order valence-electron chi connectivity index (χ4n) is 2.37. The molecule has 1 saturated carbocycles. The van der Waals surface area contributed by atoms with Gasteiger partial charge in [0, 0.05) is 23.2 Å². The standard InChI is InChI=1S/C18H19ClN2O3S/c19-14-2-1-3-16(12-14)20-18(22)11-6-13-4-9-17(10-5-13)25(23,24)21-15-7-8-15/h1-5,9-10,12,15,21H,6-8,11H2,(H,20,22). The number of aryl methyl sites for hydroxylation is 1. The number of halogens is 1. The molecule has 1 amide bonds. The molecule has 0 saturated heterocycles. The van der Waals surface area contributed by atoms with E-state index in [1.807, 2.05) is 0 Å². The Balaban J connectivity index is 1.53. The highest BCUT2D eigenvalue weighted by Gasteiger charge is 2.27. The Morgan fingerprint density at radius 2 is 1.84 bits per heavy atom. The first-order chi connectivity index (χ1) is 11.9. The Bertz CT molecular complexity index is 862. The zero-order valence-electron chi connectivity index (χ0n) is 13.5. The van der Waals surface area contributed by atoms with Gasteiger partial charge in [0.2, 0.25) is 15.9 Å². The molecular formula is C18H19ClN2O3S. The molecule has 1 aliphatic rings. The highest BCUT2D eigenvalue weighted by atomic mass is 35.5. The lowest BCUT2D eigenvalue weighted by Crippen LogP contribution is -2.25. The molecule has 0 aliphatic heterocycles.